The lowest BCUT2D eigenvalue weighted by Crippen LogP contribution is -2.17. The van der Waals surface area contributed by atoms with Crippen LogP contribution in [0, 0.1) is 0 Å². The van der Waals surface area contributed by atoms with Crippen LogP contribution in [0.25, 0.3) is 83.2 Å². The molecule has 0 amide bonds. The zero-order chi connectivity index (χ0) is 38.8. The Hall–Kier alpha value is -6.52. The molecule has 2 heterocycles. The van der Waals surface area contributed by atoms with Gasteiger partial charge in [0.05, 0.1) is 28.0 Å². The topological polar surface area (TPSA) is 50.9 Å². The fourth-order valence-electron chi connectivity index (χ4n) is 8.00. The van der Waals surface area contributed by atoms with Crippen LogP contribution in [0.2, 0.25) is 0 Å². The van der Waals surface area contributed by atoms with Crippen molar-refractivity contribution in [3.8, 4) is 56.3 Å². The Balaban J connectivity index is 1.38. The van der Waals surface area contributed by atoms with E-state index in [1.54, 1.807) is 0 Å². The number of imidazole rings is 1. The molecule has 1 N–H and O–H groups in total. The van der Waals surface area contributed by atoms with Crippen LogP contribution < -0.4 is 0 Å². The van der Waals surface area contributed by atoms with E-state index in [4.69, 9.17) is 9.97 Å². The molecule has 4 heteroatoms. The third-order valence-electron chi connectivity index (χ3n) is 11.0. The van der Waals surface area contributed by atoms with E-state index in [-0.39, 0.29) is 16.6 Å². The molecule has 4 nitrogen and oxygen atoms in total. The Labute approximate surface area is 328 Å². The molecule has 0 unspecified atom stereocenters. The highest BCUT2D eigenvalue weighted by molar-refractivity contribution is 6.07. The highest BCUT2D eigenvalue weighted by Gasteiger charge is 2.29. The van der Waals surface area contributed by atoms with Crippen molar-refractivity contribution in [1.29, 1.82) is 0 Å². The molecule has 2 aromatic heterocycles. The van der Waals surface area contributed by atoms with Gasteiger partial charge in [0.15, 0.2) is 0 Å². The maximum Gasteiger partial charge on any atom is 0.149 e. The number of hydrogen-bond acceptors (Lipinski definition) is 3. The number of fused-ring (bicyclic) bond motifs is 3. The summed E-state index contributed by atoms with van der Waals surface area (Å²) >= 11 is 0. The van der Waals surface area contributed by atoms with E-state index in [1.165, 1.54) is 0 Å². The van der Waals surface area contributed by atoms with Crippen LogP contribution >= 0.6 is 0 Å². The molecule has 0 aliphatic rings. The quantitative estimate of drug-likeness (QED) is 0.192. The molecule has 7 aromatic carbocycles. The number of aromatic hydroxyl groups is 1. The maximum absolute atomic E-state index is 12.4. The van der Waals surface area contributed by atoms with Gasteiger partial charge in [0.25, 0.3) is 0 Å². The number of pyridine rings is 1. The molecular weight excluding hydrogens is 683 g/mol. The largest absolute Gasteiger partial charge is 0.507 e. The Morgan fingerprint density at radius 1 is 0.518 bits per heavy atom. The third kappa shape index (κ3) is 6.12. The van der Waals surface area contributed by atoms with Crippen molar-refractivity contribution in [3.63, 3.8) is 0 Å². The summed E-state index contributed by atoms with van der Waals surface area (Å²) in [5.74, 6) is 0.956. The van der Waals surface area contributed by atoms with E-state index in [0.29, 0.717) is 11.4 Å². The first-order valence-electron chi connectivity index (χ1n) is 19.4. The summed E-state index contributed by atoms with van der Waals surface area (Å²) in [7, 11) is 0. The normalized spacial score (nSPS) is 12.2. The number of nitrogens with zero attached hydrogens (tertiary/aromatic N) is 3. The molecule has 0 aliphatic carbocycles. The number of phenolic OH excluding ortho intramolecular Hbond substituents is 1. The summed E-state index contributed by atoms with van der Waals surface area (Å²) in [5, 5.41) is 16.9. The van der Waals surface area contributed by atoms with Crippen LogP contribution in [0.15, 0.2) is 158 Å². The summed E-state index contributed by atoms with van der Waals surface area (Å²) in [4.78, 5) is 10.6. The van der Waals surface area contributed by atoms with Gasteiger partial charge < -0.3 is 5.11 Å². The summed E-state index contributed by atoms with van der Waals surface area (Å²) < 4.78 is 2.26. The number of phenols is 1. The SMILES string of the molecule is CC(C)(C)c1cc(-c2nc3c(-c4cc(-c5cc6ccccc6cn5)cc5ccccc45)cccc3n2-c2ccccc2-c2ccccc2)c(O)c(C(C)(C)C)c1. The van der Waals surface area contributed by atoms with Gasteiger partial charge in [-0.05, 0) is 80.1 Å². The molecule has 0 saturated carbocycles. The molecule has 56 heavy (non-hydrogen) atoms. The van der Waals surface area contributed by atoms with E-state index >= 15 is 0 Å². The van der Waals surface area contributed by atoms with Gasteiger partial charge in [0.1, 0.15) is 11.6 Å². The van der Waals surface area contributed by atoms with Crippen molar-refractivity contribution >= 4 is 32.6 Å². The minimum atomic E-state index is -0.305. The molecule has 274 valence electrons. The van der Waals surface area contributed by atoms with Gasteiger partial charge in [-0.15, -0.1) is 0 Å². The molecule has 0 spiro atoms. The van der Waals surface area contributed by atoms with E-state index in [1.807, 2.05) is 18.3 Å². The van der Waals surface area contributed by atoms with E-state index in [9.17, 15) is 5.11 Å². The first-order valence-corrected chi connectivity index (χ1v) is 19.4. The number of benzene rings is 7. The molecular formula is C52H45N3O. The van der Waals surface area contributed by atoms with Gasteiger partial charge in [-0.3, -0.25) is 9.55 Å². The van der Waals surface area contributed by atoms with Crippen LogP contribution in [0.5, 0.6) is 5.75 Å². The second kappa shape index (κ2) is 13.3. The van der Waals surface area contributed by atoms with Gasteiger partial charge >= 0.3 is 0 Å². The number of rotatable bonds is 5. The molecule has 9 aromatic rings. The van der Waals surface area contributed by atoms with Crippen molar-refractivity contribution < 1.29 is 5.11 Å². The van der Waals surface area contributed by atoms with E-state index < -0.39 is 0 Å². The standard InChI is InChI=1S/C52H45N3O/c1-51(2,3)38-30-43(49(56)44(31-38)52(4,5)6)50-54-48-41(24-16-26-47(48)55(50)46-25-15-14-23-40(46)33-17-8-7-9-18-33)42-28-37(27-35-20-12-13-22-39(35)42)45-29-34-19-10-11-21-36(34)32-53-45/h7-32,56H,1-6H3. The van der Waals surface area contributed by atoms with Crippen molar-refractivity contribution in [1.82, 2.24) is 14.5 Å². The predicted octanol–water partition coefficient (Wildman–Crippen LogP) is 13.7. The lowest BCUT2D eigenvalue weighted by molar-refractivity contribution is 0.446. The van der Waals surface area contributed by atoms with Gasteiger partial charge in [-0.1, -0.05) is 157 Å². The monoisotopic (exact) mass is 727 g/mol. The van der Waals surface area contributed by atoms with Gasteiger partial charge in [-0.2, -0.15) is 0 Å². The van der Waals surface area contributed by atoms with Crippen LogP contribution in [-0.2, 0) is 10.8 Å². The Morgan fingerprint density at radius 2 is 1.20 bits per heavy atom. The van der Waals surface area contributed by atoms with Crippen molar-refractivity contribution in [2.45, 2.75) is 52.4 Å². The number of aromatic nitrogens is 3. The van der Waals surface area contributed by atoms with E-state index in [0.717, 1.165) is 82.9 Å². The fraction of sp³-hybridized carbons (Fsp3) is 0.154. The van der Waals surface area contributed by atoms with Gasteiger partial charge in [0, 0.05) is 33.8 Å². The van der Waals surface area contributed by atoms with Crippen molar-refractivity contribution in [3.05, 3.63) is 169 Å². The first-order chi connectivity index (χ1) is 27.0. The molecule has 9 rings (SSSR count). The van der Waals surface area contributed by atoms with Crippen LogP contribution in [0.4, 0.5) is 0 Å². The summed E-state index contributed by atoms with van der Waals surface area (Å²) in [6.45, 7) is 13.2. The number of para-hydroxylation sites is 2. The molecule has 0 radical (unpaired) electrons. The molecule has 0 atom stereocenters. The minimum Gasteiger partial charge on any atom is -0.507 e. The fourth-order valence-corrected chi connectivity index (χ4v) is 8.00. The minimum absolute atomic E-state index is 0.164. The highest BCUT2D eigenvalue weighted by atomic mass is 16.3. The second-order valence-corrected chi connectivity index (χ2v) is 16.9. The first kappa shape index (κ1) is 35.2. The Morgan fingerprint density at radius 3 is 1.96 bits per heavy atom. The molecule has 0 fully saturated rings. The maximum atomic E-state index is 12.4. The average Bonchev–Trinajstić information content (AvgIpc) is 3.59. The molecule has 0 bridgehead atoms. The average molecular weight is 728 g/mol. The number of hydrogen-bond donors (Lipinski definition) is 1. The lowest BCUT2D eigenvalue weighted by Gasteiger charge is -2.27. The van der Waals surface area contributed by atoms with Crippen LogP contribution in [0.1, 0.15) is 52.7 Å². The van der Waals surface area contributed by atoms with Gasteiger partial charge in [-0.25, -0.2) is 4.98 Å². The third-order valence-corrected chi connectivity index (χ3v) is 11.0. The smallest absolute Gasteiger partial charge is 0.149 e. The van der Waals surface area contributed by atoms with Gasteiger partial charge in [0.2, 0.25) is 0 Å². The summed E-state index contributed by atoms with van der Waals surface area (Å²) in [6, 6.07) is 53.4. The van der Waals surface area contributed by atoms with E-state index in [2.05, 4.69) is 186 Å². The Bertz CT molecular complexity index is 2940. The van der Waals surface area contributed by atoms with Crippen LogP contribution in [0.3, 0.4) is 0 Å². The zero-order valence-electron chi connectivity index (χ0n) is 32.8. The lowest BCUT2D eigenvalue weighted by atomic mass is 9.79. The molecule has 0 aliphatic heterocycles. The molecule has 0 saturated heterocycles. The summed E-state index contributed by atoms with van der Waals surface area (Å²) in [6.07, 6.45) is 1.96. The van der Waals surface area contributed by atoms with Crippen LogP contribution in [-0.4, -0.2) is 19.6 Å². The highest BCUT2D eigenvalue weighted by Crippen LogP contribution is 2.46. The Kier molecular flexibility index (Phi) is 8.39. The predicted molar refractivity (Wildman–Crippen MR) is 235 cm³/mol. The zero-order valence-corrected chi connectivity index (χ0v) is 32.8. The van der Waals surface area contributed by atoms with Crippen molar-refractivity contribution in [2.75, 3.05) is 0 Å². The van der Waals surface area contributed by atoms with Crippen molar-refractivity contribution in [2.24, 2.45) is 0 Å². The summed E-state index contributed by atoms with van der Waals surface area (Å²) in [5.41, 5.74) is 11.3. The second-order valence-electron chi connectivity index (χ2n) is 16.9.